The number of carbonyl (C=O) groups is 2. The van der Waals surface area contributed by atoms with Gasteiger partial charge in [0.25, 0.3) is 5.91 Å². The standard InChI is InChI=1S/C30H36N4O4/c1-3-30-9-4-5-17(2)20-16-21-19(14-24(20)35)15-25(36)27(21)32-28(37)18-6-7-26-22(13-18)23(8-12-38-26)34(11-10-30)29(31)33-30/h6-7,10-11,13,16-17,23,25,27,36H,3-5,8-9,12,14-15H2,1-2H3,(H2,31,33)(H,32,37)/t17?,23-,25-,27-,30-/m1/s1. The molecule has 8 heteroatoms. The van der Waals surface area contributed by atoms with Crippen molar-refractivity contribution in [1.29, 1.82) is 5.41 Å². The molecule has 6 bridgehead atoms. The van der Waals surface area contributed by atoms with Crippen LogP contribution in [0.5, 0.6) is 5.75 Å². The van der Waals surface area contributed by atoms with Gasteiger partial charge in [-0.05, 0) is 73.1 Å². The lowest BCUT2D eigenvalue weighted by Gasteiger charge is -2.43. The molecule has 0 aromatic heterocycles. The molecule has 4 heterocycles. The molecular formula is C30H36N4O4. The van der Waals surface area contributed by atoms with Gasteiger partial charge in [-0.15, -0.1) is 0 Å². The number of fused-ring (bicyclic) bond motifs is 5. The van der Waals surface area contributed by atoms with Crippen molar-refractivity contribution in [2.45, 2.75) is 82.5 Å². The maximum absolute atomic E-state index is 13.5. The van der Waals surface area contributed by atoms with E-state index < -0.39 is 12.1 Å². The Morgan fingerprint density at radius 1 is 1.26 bits per heavy atom. The van der Waals surface area contributed by atoms with Gasteiger partial charge >= 0.3 is 0 Å². The number of benzene rings is 1. The van der Waals surface area contributed by atoms with Gasteiger partial charge in [-0.1, -0.05) is 25.8 Å². The Kier molecular flexibility index (Phi) is 6.17. The number of hydrogen-bond donors (Lipinski definition) is 4. The largest absolute Gasteiger partial charge is 0.493 e. The Hall–Kier alpha value is -3.39. The van der Waals surface area contributed by atoms with E-state index >= 15 is 0 Å². The highest BCUT2D eigenvalue weighted by atomic mass is 16.5. The summed E-state index contributed by atoms with van der Waals surface area (Å²) in [7, 11) is 0. The molecule has 0 fully saturated rings. The van der Waals surface area contributed by atoms with Crippen molar-refractivity contribution >= 4 is 17.6 Å². The van der Waals surface area contributed by atoms with E-state index in [4.69, 9.17) is 10.1 Å². The molecule has 0 spiro atoms. The third-order valence-corrected chi connectivity index (χ3v) is 9.09. The van der Waals surface area contributed by atoms with Crippen LogP contribution < -0.4 is 15.4 Å². The van der Waals surface area contributed by atoms with Crippen molar-refractivity contribution in [3.8, 4) is 5.75 Å². The van der Waals surface area contributed by atoms with E-state index in [-0.39, 0.29) is 29.2 Å². The molecule has 5 atom stereocenters. The van der Waals surface area contributed by atoms with Crippen LogP contribution >= 0.6 is 0 Å². The first kappa shape index (κ1) is 24.9. The van der Waals surface area contributed by atoms with E-state index in [2.05, 4.69) is 30.6 Å². The van der Waals surface area contributed by atoms with Gasteiger partial charge in [0, 0.05) is 30.2 Å². The highest BCUT2D eigenvalue weighted by molar-refractivity contribution is 6.00. The lowest BCUT2D eigenvalue weighted by molar-refractivity contribution is -0.115. The van der Waals surface area contributed by atoms with Gasteiger partial charge in [0.15, 0.2) is 11.7 Å². The minimum Gasteiger partial charge on any atom is -0.493 e. The van der Waals surface area contributed by atoms with Crippen molar-refractivity contribution in [2.75, 3.05) is 6.61 Å². The third-order valence-electron chi connectivity index (χ3n) is 9.09. The summed E-state index contributed by atoms with van der Waals surface area (Å²) in [6.45, 7) is 4.76. The van der Waals surface area contributed by atoms with Crippen LogP contribution in [0.1, 0.15) is 80.8 Å². The SMILES string of the molecule is CC[C@@]12C=CN(C(=N)N1)[C@@H]1CCOc3ccc(cc31)C(=O)N[C@@H]1C3=C(CC(=O)C(=C3)C(C)CCC2)C[C@H]1O. The molecule has 0 saturated carbocycles. The highest BCUT2D eigenvalue weighted by Gasteiger charge is 2.40. The number of Topliss-reactive ketones (excluding diaryl/α,β-unsaturated/α-hetero) is 1. The second-order valence-electron chi connectivity index (χ2n) is 11.4. The molecule has 200 valence electrons. The Morgan fingerprint density at radius 3 is 2.89 bits per heavy atom. The summed E-state index contributed by atoms with van der Waals surface area (Å²) in [6.07, 6.45) is 10.2. The Morgan fingerprint density at radius 2 is 2.11 bits per heavy atom. The van der Waals surface area contributed by atoms with Crippen molar-refractivity contribution in [3.05, 3.63) is 64.4 Å². The fourth-order valence-corrected chi connectivity index (χ4v) is 6.75. The normalized spacial score (nSPS) is 32.8. The second kappa shape index (κ2) is 9.42. The summed E-state index contributed by atoms with van der Waals surface area (Å²) in [5, 5.41) is 26.3. The first-order chi connectivity index (χ1) is 18.3. The zero-order chi connectivity index (χ0) is 26.6. The minimum absolute atomic E-state index is 0.0688. The Labute approximate surface area is 223 Å². The number of aliphatic hydroxyl groups is 1. The number of carbonyl (C=O) groups excluding carboxylic acids is 2. The van der Waals surface area contributed by atoms with Gasteiger partial charge in [-0.2, -0.15) is 0 Å². The van der Waals surface area contributed by atoms with E-state index in [0.29, 0.717) is 37.4 Å². The van der Waals surface area contributed by atoms with Crippen molar-refractivity contribution in [3.63, 3.8) is 0 Å². The maximum atomic E-state index is 13.5. The van der Waals surface area contributed by atoms with Crippen LogP contribution in [-0.2, 0) is 4.79 Å². The molecule has 0 saturated heterocycles. The van der Waals surface area contributed by atoms with Crippen LogP contribution in [-0.4, -0.2) is 51.9 Å². The lowest BCUT2D eigenvalue weighted by Crippen LogP contribution is -2.55. The topological polar surface area (TPSA) is 115 Å². The van der Waals surface area contributed by atoms with Crippen LogP contribution in [0.4, 0.5) is 0 Å². The van der Waals surface area contributed by atoms with Gasteiger partial charge in [0.05, 0.1) is 30.3 Å². The molecule has 4 N–H and O–H groups in total. The summed E-state index contributed by atoms with van der Waals surface area (Å²) in [6, 6.07) is 4.75. The van der Waals surface area contributed by atoms with Gasteiger partial charge in [0.1, 0.15) is 5.75 Å². The predicted octanol–water partition coefficient (Wildman–Crippen LogP) is 3.89. The summed E-state index contributed by atoms with van der Waals surface area (Å²) in [5.41, 5.74) is 3.64. The number of nitrogens with one attached hydrogen (secondary N) is 3. The number of nitrogens with zero attached hydrogens (tertiary/aromatic N) is 1. The highest BCUT2D eigenvalue weighted by Crippen LogP contribution is 2.41. The molecule has 1 aromatic rings. The van der Waals surface area contributed by atoms with Gasteiger partial charge in [0.2, 0.25) is 0 Å². The molecule has 6 aliphatic rings. The first-order valence-corrected chi connectivity index (χ1v) is 13.9. The summed E-state index contributed by atoms with van der Waals surface area (Å²) in [5.74, 6) is 0.975. The first-order valence-electron chi connectivity index (χ1n) is 13.9. The quantitative estimate of drug-likeness (QED) is 0.450. The molecule has 1 unspecified atom stereocenters. The van der Waals surface area contributed by atoms with E-state index in [1.807, 2.05) is 29.3 Å². The number of allylic oxidation sites excluding steroid dienone is 1. The van der Waals surface area contributed by atoms with Gasteiger partial charge < -0.3 is 25.4 Å². The average molecular weight is 517 g/mol. The maximum Gasteiger partial charge on any atom is 0.251 e. The van der Waals surface area contributed by atoms with Crippen LogP contribution in [0, 0.1) is 11.3 Å². The van der Waals surface area contributed by atoms with Crippen molar-refractivity contribution in [1.82, 2.24) is 15.5 Å². The average Bonchev–Trinajstić information content (AvgIpc) is 3.20. The Balaban J connectivity index is 1.42. The molecule has 1 amide bonds. The van der Waals surface area contributed by atoms with Gasteiger partial charge in [-0.3, -0.25) is 15.0 Å². The van der Waals surface area contributed by atoms with E-state index in [1.54, 1.807) is 6.07 Å². The Bertz CT molecular complexity index is 1300. The fraction of sp³-hybridized carbons (Fsp3) is 0.500. The van der Waals surface area contributed by atoms with E-state index in [9.17, 15) is 14.7 Å². The number of aliphatic hydroxyl groups excluding tert-OH is 1. The molecule has 38 heavy (non-hydrogen) atoms. The summed E-state index contributed by atoms with van der Waals surface area (Å²) < 4.78 is 5.92. The zero-order valence-electron chi connectivity index (χ0n) is 22.0. The molecular weight excluding hydrogens is 480 g/mol. The van der Waals surface area contributed by atoms with Crippen LogP contribution in [0.15, 0.2) is 53.3 Å². The molecule has 8 nitrogen and oxygen atoms in total. The molecule has 1 aromatic carbocycles. The molecule has 4 aliphatic heterocycles. The number of ketones is 1. The molecule has 7 rings (SSSR count). The van der Waals surface area contributed by atoms with Crippen molar-refractivity contribution in [2.24, 2.45) is 5.92 Å². The molecule has 0 radical (unpaired) electrons. The third kappa shape index (κ3) is 4.15. The summed E-state index contributed by atoms with van der Waals surface area (Å²) >= 11 is 0. The number of guanidine groups is 1. The van der Waals surface area contributed by atoms with Crippen LogP contribution in [0.25, 0.3) is 0 Å². The lowest BCUT2D eigenvalue weighted by atomic mass is 9.81. The van der Waals surface area contributed by atoms with Gasteiger partial charge in [-0.25, -0.2) is 0 Å². The van der Waals surface area contributed by atoms with Crippen LogP contribution in [0.2, 0.25) is 0 Å². The molecule has 2 aliphatic carbocycles. The zero-order valence-corrected chi connectivity index (χ0v) is 22.0. The minimum atomic E-state index is -0.759. The van der Waals surface area contributed by atoms with E-state index in [0.717, 1.165) is 53.7 Å². The fourth-order valence-electron chi connectivity index (χ4n) is 6.75. The van der Waals surface area contributed by atoms with Crippen LogP contribution in [0.3, 0.4) is 0 Å². The predicted molar refractivity (Wildman–Crippen MR) is 144 cm³/mol. The monoisotopic (exact) mass is 516 g/mol. The number of rotatable bonds is 1. The number of hydrogen-bond acceptors (Lipinski definition) is 5. The second-order valence-corrected chi connectivity index (χ2v) is 11.4. The number of ether oxygens (including phenoxy) is 1. The smallest absolute Gasteiger partial charge is 0.251 e. The van der Waals surface area contributed by atoms with Crippen molar-refractivity contribution < 1.29 is 19.4 Å². The van der Waals surface area contributed by atoms with E-state index in [1.165, 1.54) is 0 Å². The summed E-state index contributed by atoms with van der Waals surface area (Å²) in [4.78, 5) is 28.5. The number of amides is 1.